The van der Waals surface area contributed by atoms with Crippen LogP contribution in [-0.2, 0) is 17.1 Å². The molecule has 0 saturated carbocycles. The predicted molar refractivity (Wildman–Crippen MR) is 73.5 cm³/mol. The Morgan fingerprint density at radius 3 is 2.68 bits per heavy atom. The Kier molecular flexibility index (Phi) is 3.79. The highest BCUT2D eigenvalue weighted by molar-refractivity contribution is 9.10. The molecule has 0 spiro atoms. The molecule has 2 rings (SSSR count). The van der Waals surface area contributed by atoms with Gasteiger partial charge in [-0.05, 0) is 34.5 Å². The molecule has 0 aliphatic rings. The zero-order chi connectivity index (χ0) is 14.2. The fourth-order valence-corrected chi connectivity index (χ4v) is 3.98. The third-order valence-electron chi connectivity index (χ3n) is 2.34. The molecular formula is C9H9BrClN5O2S. The van der Waals surface area contributed by atoms with E-state index >= 15 is 0 Å². The van der Waals surface area contributed by atoms with E-state index in [1.807, 2.05) is 0 Å². The number of anilines is 1. The smallest absolute Gasteiger partial charge is 0.275 e. The summed E-state index contributed by atoms with van der Waals surface area (Å²) in [5.41, 5.74) is 0.895. The lowest BCUT2D eigenvalue weighted by molar-refractivity contribution is 0.578. The summed E-state index contributed by atoms with van der Waals surface area (Å²) in [5.74, 6) is 0. The van der Waals surface area contributed by atoms with E-state index in [1.54, 1.807) is 13.0 Å². The number of hydrogen-bond acceptors (Lipinski definition) is 5. The third kappa shape index (κ3) is 2.72. The minimum absolute atomic E-state index is 0.0785. The van der Waals surface area contributed by atoms with Gasteiger partial charge in [-0.3, -0.25) is 4.72 Å². The molecule has 0 bridgehead atoms. The number of aromatic nitrogens is 4. The standard InChI is InChI=1S/C9H9BrClN5O2S/c1-5-3-4-12-8(11)6(5)14-19(17,18)9-7(10)13-15-16(9)2/h3-4,14H,1-2H3. The van der Waals surface area contributed by atoms with Crippen molar-refractivity contribution in [1.29, 1.82) is 0 Å². The van der Waals surface area contributed by atoms with Crippen molar-refractivity contribution in [3.05, 3.63) is 27.6 Å². The van der Waals surface area contributed by atoms with E-state index in [0.717, 1.165) is 4.68 Å². The van der Waals surface area contributed by atoms with E-state index in [4.69, 9.17) is 11.6 Å². The predicted octanol–water partition coefficient (Wildman–Crippen LogP) is 1.74. The summed E-state index contributed by atoms with van der Waals surface area (Å²) < 4.78 is 28.2. The van der Waals surface area contributed by atoms with Gasteiger partial charge in [0, 0.05) is 13.2 Å². The number of pyridine rings is 1. The van der Waals surface area contributed by atoms with Crippen LogP contribution in [0.1, 0.15) is 5.56 Å². The van der Waals surface area contributed by atoms with Crippen LogP contribution < -0.4 is 4.72 Å². The third-order valence-corrected chi connectivity index (χ3v) is 4.86. The summed E-state index contributed by atoms with van der Waals surface area (Å²) in [5, 5.41) is 7.24. The van der Waals surface area contributed by atoms with Gasteiger partial charge in [-0.15, -0.1) is 5.10 Å². The van der Waals surface area contributed by atoms with Gasteiger partial charge < -0.3 is 0 Å². The van der Waals surface area contributed by atoms with Gasteiger partial charge in [0.2, 0.25) is 5.03 Å². The first-order valence-electron chi connectivity index (χ1n) is 5.02. The van der Waals surface area contributed by atoms with Crippen LogP contribution in [0.25, 0.3) is 0 Å². The maximum Gasteiger partial charge on any atom is 0.282 e. The Morgan fingerprint density at radius 1 is 1.47 bits per heavy atom. The first-order valence-corrected chi connectivity index (χ1v) is 7.67. The van der Waals surface area contributed by atoms with Crippen LogP contribution >= 0.6 is 27.5 Å². The van der Waals surface area contributed by atoms with Crippen LogP contribution in [0.2, 0.25) is 5.15 Å². The van der Waals surface area contributed by atoms with Crippen LogP contribution in [0.15, 0.2) is 21.9 Å². The first-order chi connectivity index (χ1) is 8.83. The van der Waals surface area contributed by atoms with Crippen molar-refractivity contribution in [3.8, 4) is 0 Å². The van der Waals surface area contributed by atoms with E-state index in [1.165, 1.54) is 13.2 Å². The summed E-state index contributed by atoms with van der Waals surface area (Å²) in [6.07, 6.45) is 1.50. The maximum absolute atomic E-state index is 12.3. The van der Waals surface area contributed by atoms with Crippen LogP contribution in [0.5, 0.6) is 0 Å². The summed E-state index contributed by atoms with van der Waals surface area (Å²) in [7, 11) is -2.38. The van der Waals surface area contributed by atoms with Crippen LogP contribution in [0, 0.1) is 6.92 Å². The zero-order valence-electron chi connectivity index (χ0n) is 9.92. The Bertz CT molecular complexity index is 690. The molecule has 2 heterocycles. The lowest BCUT2D eigenvalue weighted by Crippen LogP contribution is -2.18. The monoisotopic (exact) mass is 365 g/mol. The second-order valence-electron chi connectivity index (χ2n) is 3.71. The van der Waals surface area contributed by atoms with Gasteiger partial charge in [0.1, 0.15) is 0 Å². The molecule has 0 aliphatic heterocycles. The van der Waals surface area contributed by atoms with Gasteiger partial charge >= 0.3 is 0 Å². The number of aryl methyl sites for hydroxylation is 2. The molecule has 10 heteroatoms. The molecule has 7 nitrogen and oxygen atoms in total. The second kappa shape index (κ2) is 5.06. The van der Waals surface area contributed by atoms with Gasteiger partial charge in [0.25, 0.3) is 10.0 Å². The first kappa shape index (κ1) is 14.2. The quantitative estimate of drug-likeness (QED) is 0.836. The van der Waals surface area contributed by atoms with Crippen LogP contribution in [0.3, 0.4) is 0 Å². The van der Waals surface area contributed by atoms with E-state index in [2.05, 4.69) is 35.9 Å². The summed E-state index contributed by atoms with van der Waals surface area (Å²) in [6.45, 7) is 1.72. The van der Waals surface area contributed by atoms with Crippen molar-refractivity contribution in [1.82, 2.24) is 20.0 Å². The molecule has 102 valence electrons. The number of rotatable bonds is 3. The maximum atomic E-state index is 12.3. The van der Waals surface area contributed by atoms with Gasteiger partial charge in [-0.2, -0.15) is 8.42 Å². The summed E-state index contributed by atoms with van der Waals surface area (Å²) in [6, 6.07) is 1.65. The minimum Gasteiger partial charge on any atom is -0.275 e. The highest BCUT2D eigenvalue weighted by Gasteiger charge is 2.25. The molecule has 0 amide bonds. The Labute approximate surface area is 123 Å². The molecule has 2 aromatic rings. The molecule has 2 aromatic heterocycles. The highest BCUT2D eigenvalue weighted by Crippen LogP contribution is 2.27. The fraction of sp³-hybridized carbons (Fsp3) is 0.222. The summed E-state index contributed by atoms with van der Waals surface area (Å²) >= 11 is 8.93. The largest absolute Gasteiger partial charge is 0.282 e. The molecule has 0 unspecified atom stereocenters. The van der Waals surface area contributed by atoms with E-state index in [9.17, 15) is 8.42 Å². The molecule has 0 radical (unpaired) electrons. The van der Waals surface area contributed by atoms with Gasteiger partial charge in [0.05, 0.1) is 5.69 Å². The Morgan fingerprint density at radius 2 is 2.16 bits per heavy atom. The van der Waals surface area contributed by atoms with Gasteiger partial charge in [-0.25, -0.2) is 9.67 Å². The normalized spacial score (nSPS) is 11.6. The van der Waals surface area contributed by atoms with Crippen molar-refractivity contribution >= 4 is 43.2 Å². The molecule has 1 N–H and O–H groups in total. The SMILES string of the molecule is Cc1ccnc(Cl)c1NS(=O)(=O)c1c(Br)nnn1C. The second-order valence-corrected chi connectivity index (χ2v) is 6.42. The Hall–Kier alpha value is -1.19. The van der Waals surface area contributed by atoms with Crippen molar-refractivity contribution in [2.75, 3.05) is 4.72 Å². The lowest BCUT2D eigenvalue weighted by Gasteiger charge is -2.11. The number of sulfonamides is 1. The molecule has 0 aromatic carbocycles. The fourth-order valence-electron chi connectivity index (χ4n) is 1.44. The molecule has 0 saturated heterocycles. The number of hydrogen-bond donors (Lipinski definition) is 1. The lowest BCUT2D eigenvalue weighted by atomic mass is 10.3. The van der Waals surface area contributed by atoms with Gasteiger partial charge in [0.15, 0.2) is 9.76 Å². The highest BCUT2D eigenvalue weighted by atomic mass is 79.9. The van der Waals surface area contributed by atoms with E-state index < -0.39 is 10.0 Å². The minimum atomic E-state index is -3.86. The number of nitrogens with one attached hydrogen (secondary N) is 1. The number of nitrogens with zero attached hydrogens (tertiary/aromatic N) is 4. The van der Waals surface area contributed by atoms with E-state index in [0.29, 0.717) is 5.56 Å². The van der Waals surface area contributed by atoms with Crippen LogP contribution in [-0.4, -0.2) is 28.4 Å². The zero-order valence-corrected chi connectivity index (χ0v) is 13.1. The van der Waals surface area contributed by atoms with Crippen LogP contribution in [0.4, 0.5) is 5.69 Å². The molecule has 0 aliphatic carbocycles. The average Bonchev–Trinajstić information content (AvgIpc) is 2.64. The van der Waals surface area contributed by atoms with Crippen molar-refractivity contribution in [2.45, 2.75) is 11.9 Å². The number of halogens is 2. The Balaban J connectivity index is 2.49. The molecule has 0 atom stereocenters. The van der Waals surface area contributed by atoms with Gasteiger partial charge in [-0.1, -0.05) is 16.8 Å². The topological polar surface area (TPSA) is 89.8 Å². The van der Waals surface area contributed by atoms with Crippen molar-refractivity contribution in [2.24, 2.45) is 7.05 Å². The van der Waals surface area contributed by atoms with Crippen molar-refractivity contribution in [3.63, 3.8) is 0 Å². The average molecular weight is 367 g/mol. The van der Waals surface area contributed by atoms with E-state index in [-0.39, 0.29) is 20.5 Å². The van der Waals surface area contributed by atoms with Crippen molar-refractivity contribution < 1.29 is 8.42 Å². The molecule has 19 heavy (non-hydrogen) atoms. The molecular weight excluding hydrogens is 358 g/mol. The summed E-state index contributed by atoms with van der Waals surface area (Å²) in [4.78, 5) is 3.84. The molecule has 0 fully saturated rings.